The topological polar surface area (TPSA) is 121 Å². The second kappa shape index (κ2) is 7.00. The van der Waals surface area contributed by atoms with Crippen LogP contribution in [0.25, 0.3) is 10.9 Å². The fourth-order valence-corrected chi connectivity index (χ4v) is 3.39. The molecule has 0 spiro atoms. The number of benzene rings is 1. The Morgan fingerprint density at radius 1 is 1.36 bits per heavy atom. The maximum absolute atomic E-state index is 12.9. The number of amides is 1. The Kier molecular flexibility index (Phi) is 4.86. The van der Waals surface area contributed by atoms with E-state index >= 15 is 0 Å². The number of aromatic hydroxyl groups is 1. The van der Waals surface area contributed by atoms with Crippen molar-refractivity contribution in [2.75, 3.05) is 6.54 Å². The van der Waals surface area contributed by atoms with Crippen molar-refractivity contribution in [1.82, 2.24) is 9.88 Å². The van der Waals surface area contributed by atoms with Gasteiger partial charge in [0.15, 0.2) is 0 Å². The van der Waals surface area contributed by atoms with Gasteiger partial charge >= 0.3 is 5.97 Å². The summed E-state index contributed by atoms with van der Waals surface area (Å²) < 4.78 is 6.56. The molecule has 0 unspecified atom stereocenters. The Hall–Kier alpha value is -3.34. The number of carbonyl (C=O) groups is 2. The van der Waals surface area contributed by atoms with Crippen LogP contribution in [-0.2, 0) is 22.5 Å². The standard InChI is InChI=1S/C20H21N3O5/c1-20(2,3)28-14(24)10-22-18(26)15-17(25)13-8-11(9-21)7-12-5-4-6-23(16(12)13)19(15)27/h7-8,25H,4-6,10H2,1-3H3,(H,22,26). The molecule has 0 radical (unpaired) electrons. The van der Waals surface area contributed by atoms with Gasteiger partial charge in [0.05, 0.1) is 17.1 Å². The molecule has 2 aromatic rings. The first kappa shape index (κ1) is 19.4. The summed E-state index contributed by atoms with van der Waals surface area (Å²) in [4.78, 5) is 37.2. The number of aryl methyl sites for hydroxylation is 2. The van der Waals surface area contributed by atoms with Gasteiger partial charge in [-0.3, -0.25) is 14.4 Å². The van der Waals surface area contributed by atoms with E-state index < -0.39 is 40.9 Å². The lowest BCUT2D eigenvalue weighted by Gasteiger charge is -2.22. The lowest BCUT2D eigenvalue weighted by atomic mass is 9.96. The third-order valence-electron chi connectivity index (χ3n) is 4.41. The minimum atomic E-state index is -0.867. The molecular formula is C20H21N3O5. The van der Waals surface area contributed by atoms with E-state index in [4.69, 9.17) is 4.74 Å². The van der Waals surface area contributed by atoms with Gasteiger partial charge < -0.3 is 19.7 Å². The van der Waals surface area contributed by atoms with Crippen LogP contribution in [0.3, 0.4) is 0 Å². The van der Waals surface area contributed by atoms with E-state index in [2.05, 4.69) is 5.32 Å². The maximum atomic E-state index is 12.9. The van der Waals surface area contributed by atoms with Crippen molar-refractivity contribution in [2.45, 2.75) is 45.8 Å². The predicted molar refractivity (Wildman–Crippen MR) is 101 cm³/mol. The maximum Gasteiger partial charge on any atom is 0.325 e. The molecule has 2 N–H and O–H groups in total. The Bertz CT molecular complexity index is 1090. The van der Waals surface area contributed by atoms with Crippen LogP contribution in [-0.4, -0.2) is 33.7 Å². The lowest BCUT2D eigenvalue weighted by molar-refractivity contribution is -0.153. The second-order valence-corrected chi connectivity index (χ2v) is 7.70. The van der Waals surface area contributed by atoms with Crippen molar-refractivity contribution in [1.29, 1.82) is 5.26 Å². The van der Waals surface area contributed by atoms with Crippen molar-refractivity contribution in [3.8, 4) is 11.8 Å². The van der Waals surface area contributed by atoms with Gasteiger partial charge in [-0.2, -0.15) is 5.26 Å². The van der Waals surface area contributed by atoms with Gasteiger partial charge in [-0.1, -0.05) is 0 Å². The van der Waals surface area contributed by atoms with Crippen LogP contribution in [0.5, 0.6) is 5.75 Å². The summed E-state index contributed by atoms with van der Waals surface area (Å²) in [5.74, 6) is -2.01. The molecule has 146 valence electrons. The van der Waals surface area contributed by atoms with E-state index in [0.29, 0.717) is 30.5 Å². The monoisotopic (exact) mass is 383 g/mol. The van der Waals surface area contributed by atoms with E-state index in [1.165, 1.54) is 10.6 Å². The van der Waals surface area contributed by atoms with Crippen LogP contribution in [0, 0.1) is 11.3 Å². The number of nitrogens with one attached hydrogen (secondary N) is 1. The Balaban J connectivity index is 2.03. The van der Waals surface area contributed by atoms with Gasteiger partial charge in [0.2, 0.25) is 0 Å². The summed E-state index contributed by atoms with van der Waals surface area (Å²) in [5.41, 5.74) is -0.119. The third kappa shape index (κ3) is 3.56. The minimum Gasteiger partial charge on any atom is -0.506 e. The first-order valence-electron chi connectivity index (χ1n) is 8.95. The van der Waals surface area contributed by atoms with E-state index in [1.807, 2.05) is 6.07 Å². The molecule has 1 aliphatic heterocycles. The van der Waals surface area contributed by atoms with Crippen molar-refractivity contribution in [3.05, 3.63) is 39.2 Å². The van der Waals surface area contributed by atoms with Gasteiger partial charge in [0.25, 0.3) is 11.5 Å². The molecule has 1 amide bonds. The molecule has 8 heteroatoms. The average molecular weight is 383 g/mol. The van der Waals surface area contributed by atoms with E-state index in [-0.39, 0.29) is 5.39 Å². The Morgan fingerprint density at radius 3 is 2.71 bits per heavy atom. The molecule has 1 aliphatic rings. The Morgan fingerprint density at radius 2 is 2.07 bits per heavy atom. The molecule has 1 aromatic carbocycles. The summed E-state index contributed by atoms with van der Waals surface area (Å²) in [5, 5.41) is 22.5. The normalized spacial score (nSPS) is 13.1. The molecule has 0 bridgehead atoms. The molecule has 28 heavy (non-hydrogen) atoms. The number of carbonyl (C=O) groups excluding carboxylic acids is 2. The average Bonchev–Trinajstić information content (AvgIpc) is 2.62. The van der Waals surface area contributed by atoms with E-state index in [9.17, 15) is 24.8 Å². The van der Waals surface area contributed by atoms with Gasteiger partial charge in [-0.25, -0.2) is 0 Å². The zero-order chi connectivity index (χ0) is 20.6. The molecule has 0 fully saturated rings. The van der Waals surface area contributed by atoms with Gasteiger partial charge in [-0.05, 0) is 51.3 Å². The number of pyridine rings is 1. The molecule has 1 aromatic heterocycles. The van der Waals surface area contributed by atoms with Gasteiger partial charge in [0, 0.05) is 11.9 Å². The lowest BCUT2D eigenvalue weighted by Crippen LogP contribution is -2.38. The van der Waals surface area contributed by atoms with Gasteiger partial charge in [0.1, 0.15) is 23.5 Å². The molecule has 3 rings (SSSR count). The third-order valence-corrected chi connectivity index (χ3v) is 4.41. The number of aromatic nitrogens is 1. The van der Waals surface area contributed by atoms with E-state index in [0.717, 1.165) is 5.56 Å². The predicted octanol–water partition coefficient (Wildman–Crippen LogP) is 1.60. The Labute approximate surface area is 161 Å². The molecule has 0 saturated carbocycles. The van der Waals surface area contributed by atoms with Crippen LogP contribution >= 0.6 is 0 Å². The van der Waals surface area contributed by atoms with Crippen LogP contribution in [0.15, 0.2) is 16.9 Å². The van der Waals surface area contributed by atoms with Crippen molar-refractivity contribution in [3.63, 3.8) is 0 Å². The number of nitriles is 1. The zero-order valence-corrected chi connectivity index (χ0v) is 16.0. The van der Waals surface area contributed by atoms with Crippen LogP contribution < -0.4 is 10.9 Å². The molecule has 0 atom stereocenters. The highest BCUT2D eigenvalue weighted by Crippen LogP contribution is 2.32. The summed E-state index contributed by atoms with van der Waals surface area (Å²) in [6.07, 6.45) is 1.36. The molecule has 8 nitrogen and oxygen atoms in total. The zero-order valence-electron chi connectivity index (χ0n) is 16.0. The summed E-state index contributed by atoms with van der Waals surface area (Å²) in [7, 11) is 0. The van der Waals surface area contributed by atoms with Crippen molar-refractivity contribution < 1.29 is 19.4 Å². The second-order valence-electron chi connectivity index (χ2n) is 7.70. The molecular weight excluding hydrogens is 362 g/mol. The number of ether oxygens (including phenoxy) is 1. The van der Waals surface area contributed by atoms with Gasteiger partial charge in [-0.15, -0.1) is 0 Å². The largest absolute Gasteiger partial charge is 0.506 e. The van der Waals surface area contributed by atoms with Crippen molar-refractivity contribution in [2.24, 2.45) is 0 Å². The smallest absolute Gasteiger partial charge is 0.325 e. The molecule has 0 aliphatic carbocycles. The number of rotatable bonds is 3. The number of nitrogens with zero attached hydrogens (tertiary/aromatic N) is 2. The fraction of sp³-hybridized carbons (Fsp3) is 0.400. The van der Waals surface area contributed by atoms with Crippen LogP contribution in [0.1, 0.15) is 48.7 Å². The first-order valence-corrected chi connectivity index (χ1v) is 8.95. The van der Waals surface area contributed by atoms with E-state index in [1.54, 1.807) is 26.8 Å². The van der Waals surface area contributed by atoms with Crippen LogP contribution in [0.2, 0.25) is 0 Å². The SMILES string of the molecule is CC(C)(C)OC(=O)CNC(=O)c1c(O)c2cc(C#N)cc3c2n(c1=O)CCC3. The number of hydrogen-bond acceptors (Lipinski definition) is 6. The summed E-state index contributed by atoms with van der Waals surface area (Å²) in [6, 6.07) is 5.18. The highest BCUT2D eigenvalue weighted by Gasteiger charge is 2.26. The number of hydrogen-bond donors (Lipinski definition) is 2. The molecule has 0 saturated heterocycles. The minimum absolute atomic E-state index is 0.274. The highest BCUT2D eigenvalue weighted by atomic mass is 16.6. The fourth-order valence-electron chi connectivity index (χ4n) is 3.39. The molecule has 2 heterocycles. The first-order chi connectivity index (χ1) is 13.1. The highest BCUT2D eigenvalue weighted by molar-refractivity contribution is 6.04. The number of esters is 1. The summed E-state index contributed by atoms with van der Waals surface area (Å²) >= 11 is 0. The van der Waals surface area contributed by atoms with Crippen LogP contribution in [0.4, 0.5) is 0 Å². The van der Waals surface area contributed by atoms with Crippen molar-refractivity contribution >= 4 is 22.8 Å². The summed E-state index contributed by atoms with van der Waals surface area (Å²) in [6.45, 7) is 5.06. The quantitative estimate of drug-likeness (QED) is 0.777.